The molecule has 0 spiro atoms. The summed E-state index contributed by atoms with van der Waals surface area (Å²) in [6, 6.07) is 0. The Balaban J connectivity index is 2.35. The molecule has 1 fully saturated rings. The lowest BCUT2D eigenvalue weighted by atomic mass is 9.68. The van der Waals surface area contributed by atoms with E-state index in [1.54, 1.807) is 0 Å². The summed E-state index contributed by atoms with van der Waals surface area (Å²) in [6.45, 7) is 8.90. The summed E-state index contributed by atoms with van der Waals surface area (Å²) >= 11 is 0. The van der Waals surface area contributed by atoms with Crippen molar-refractivity contribution in [2.24, 2.45) is 5.41 Å². The Morgan fingerprint density at radius 2 is 2.00 bits per heavy atom. The molecule has 2 rings (SSSR count). The first-order valence-corrected chi connectivity index (χ1v) is 9.76. The highest BCUT2D eigenvalue weighted by Crippen LogP contribution is 2.55. The van der Waals surface area contributed by atoms with Gasteiger partial charge in [0.1, 0.15) is 0 Å². The Kier molecular flexibility index (Phi) is 2.84. The minimum atomic E-state index is -1.58. The third-order valence-corrected chi connectivity index (χ3v) is 5.17. The number of allylic oxidation sites excluding steroid dienone is 1. The van der Waals surface area contributed by atoms with Crippen LogP contribution in [0.5, 0.6) is 0 Å². The van der Waals surface area contributed by atoms with Gasteiger partial charge in [-0.2, -0.15) is 0 Å². The van der Waals surface area contributed by atoms with Crippen LogP contribution in [-0.4, -0.2) is 25.1 Å². The molecule has 0 heterocycles. The molecular formula is C13H24O2Si. The lowest BCUT2D eigenvalue weighted by Gasteiger charge is -2.48. The summed E-state index contributed by atoms with van der Waals surface area (Å²) in [5, 5.41) is 10.2. The largest absolute Gasteiger partial charge is 0.408 e. The minimum Gasteiger partial charge on any atom is -0.408 e. The molecule has 0 aromatic heterocycles. The van der Waals surface area contributed by atoms with Gasteiger partial charge in [-0.3, -0.25) is 0 Å². The molecular weight excluding hydrogens is 216 g/mol. The molecule has 0 aromatic carbocycles. The average molecular weight is 240 g/mol. The predicted octanol–water partition coefficient (Wildman–Crippen LogP) is 3.09. The lowest BCUT2D eigenvalue weighted by molar-refractivity contribution is -0.0572. The van der Waals surface area contributed by atoms with E-state index in [-0.39, 0.29) is 17.1 Å². The molecule has 2 aliphatic rings. The first kappa shape index (κ1) is 12.3. The van der Waals surface area contributed by atoms with Crippen LogP contribution in [0.3, 0.4) is 0 Å². The highest BCUT2D eigenvalue weighted by Gasteiger charge is 2.58. The number of hydrogen-bond donors (Lipinski definition) is 1. The van der Waals surface area contributed by atoms with Crippen molar-refractivity contribution in [1.82, 2.24) is 0 Å². The highest BCUT2D eigenvalue weighted by atomic mass is 28.4. The number of rotatable bonds is 2. The van der Waals surface area contributed by atoms with Crippen molar-refractivity contribution in [3.05, 3.63) is 12.2 Å². The molecule has 3 atom stereocenters. The van der Waals surface area contributed by atoms with Crippen molar-refractivity contribution in [3.63, 3.8) is 0 Å². The topological polar surface area (TPSA) is 29.5 Å². The summed E-state index contributed by atoms with van der Waals surface area (Å²) in [5.74, 6) is 0. The maximum absolute atomic E-state index is 10.2. The van der Waals surface area contributed by atoms with E-state index in [0.717, 1.165) is 25.7 Å². The number of fused-ring (bicyclic) bond motifs is 1. The van der Waals surface area contributed by atoms with E-state index in [1.807, 2.05) is 0 Å². The van der Waals surface area contributed by atoms with Gasteiger partial charge < -0.3 is 9.53 Å². The average Bonchev–Trinajstić information content (AvgIpc) is 2.39. The van der Waals surface area contributed by atoms with Gasteiger partial charge in [-0.15, -0.1) is 0 Å². The molecule has 1 N–H and O–H groups in total. The zero-order chi connectivity index (χ0) is 12.0. The smallest absolute Gasteiger partial charge is 0.184 e. The van der Waals surface area contributed by atoms with E-state index in [2.05, 4.69) is 38.7 Å². The molecule has 2 nitrogen and oxygen atoms in total. The summed E-state index contributed by atoms with van der Waals surface area (Å²) in [7, 11) is -1.58. The Hall–Kier alpha value is -0.123. The van der Waals surface area contributed by atoms with Gasteiger partial charge in [0.15, 0.2) is 8.32 Å². The molecule has 0 radical (unpaired) electrons. The molecule has 0 unspecified atom stereocenters. The van der Waals surface area contributed by atoms with E-state index < -0.39 is 8.32 Å². The Labute approximate surface area is 99.8 Å². The molecule has 0 amide bonds. The van der Waals surface area contributed by atoms with Crippen molar-refractivity contribution in [3.8, 4) is 0 Å². The summed E-state index contributed by atoms with van der Waals surface area (Å²) < 4.78 is 6.46. The van der Waals surface area contributed by atoms with Crippen molar-refractivity contribution < 1.29 is 9.53 Å². The lowest BCUT2D eigenvalue weighted by Crippen LogP contribution is -2.53. The van der Waals surface area contributed by atoms with E-state index in [4.69, 9.17) is 4.43 Å². The van der Waals surface area contributed by atoms with Gasteiger partial charge >= 0.3 is 0 Å². The SMILES string of the molecule is C[C@@]12CCC=C[C@]1(O[Si](C)(C)C)CC[C@H]2O. The minimum absolute atomic E-state index is 0.0674. The van der Waals surface area contributed by atoms with Crippen LogP contribution in [0.4, 0.5) is 0 Å². The maximum atomic E-state index is 10.2. The number of aliphatic hydroxyl groups is 1. The van der Waals surface area contributed by atoms with Crippen molar-refractivity contribution >= 4 is 8.32 Å². The van der Waals surface area contributed by atoms with E-state index >= 15 is 0 Å². The fourth-order valence-corrected chi connectivity index (χ4v) is 4.79. The van der Waals surface area contributed by atoms with Crippen LogP contribution < -0.4 is 0 Å². The summed E-state index contributed by atoms with van der Waals surface area (Å²) in [5.41, 5.74) is -0.253. The molecule has 92 valence electrons. The van der Waals surface area contributed by atoms with Crippen LogP contribution in [-0.2, 0) is 4.43 Å². The van der Waals surface area contributed by atoms with Gasteiger partial charge in [0.2, 0.25) is 0 Å². The quantitative estimate of drug-likeness (QED) is 0.594. The van der Waals surface area contributed by atoms with Crippen molar-refractivity contribution in [2.75, 3.05) is 0 Å². The zero-order valence-electron chi connectivity index (χ0n) is 10.9. The van der Waals surface area contributed by atoms with E-state index in [1.165, 1.54) is 0 Å². The second-order valence-corrected chi connectivity index (χ2v) is 10.9. The summed E-state index contributed by atoms with van der Waals surface area (Å²) in [6.07, 6.45) is 8.26. The first-order chi connectivity index (χ1) is 7.29. The maximum Gasteiger partial charge on any atom is 0.184 e. The van der Waals surface area contributed by atoms with Gasteiger partial charge in [-0.05, 0) is 45.3 Å². The van der Waals surface area contributed by atoms with E-state index in [0.29, 0.717) is 0 Å². The molecule has 0 saturated heterocycles. The third-order valence-electron chi connectivity index (χ3n) is 4.20. The second kappa shape index (κ2) is 3.69. The Bertz CT molecular complexity index is 308. The van der Waals surface area contributed by atoms with Gasteiger partial charge in [-0.25, -0.2) is 0 Å². The normalized spacial score (nSPS) is 43.4. The van der Waals surface area contributed by atoms with Crippen LogP contribution >= 0.6 is 0 Å². The van der Waals surface area contributed by atoms with Crippen molar-refractivity contribution in [2.45, 2.75) is 64.0 Å². The van der Waals surface area contributed by atoms with Crippen LogP contribution in [0.1, 0.15) is 32.6 Å². The van der Waals surface area contributed by atoms with Gasteiger partial charge in [-0.1, -0.05) is 19.1 Å². The monoisotopic (exact) mass is 240 g/mol. The molecule has 16 heavy (non-hydrogen) atoms. The summed E-state index contributed by atoms with van der Waals surface area (Å²) in [4.78, 5) is 0. The van der Waals surface area contributed by atoms with Crippen molar-refractivity contribution in [1.29, 1.82) is 0 Å². The molecule has 0 aliphatic heterocycles. The molecule has 0 bridgehead atoms. The Morgan fingerprint density at radius 1 is 1.31 bits per heavy atom. The molecule has 0 aromatic rings. The standard InChI is InChI=1S/C13H24O2Si/c1-12-8-5-6-9-13(12,10-7-11(12)14)15-16(2,3)4/h6,9,11,14H,5,7-8,10H2,1-4H3/t11-,12+,13+/m1/s1. The second-order valence-electron chi connectivity index (χ2n) is 6.52. The van der Waals surface area contributed by atoms with Crippen LogP contribution in [0.25, 0.3) is 0 Å². The first-order valence-electron chi connectivity index (χ1n) is 6.35. The zero-order valence-corrected chi connectivity index (χ0v) is 11.9. The van der Waals surface area contributed by atoms with Gasteiger partial charge in [0, 0.05) is 5.41 Å². The van der Waals surface area contributed by atoms with Crippen LogP contribution in [0, 0.1) is 5.41 Å². The Morgan fingerprint density at radius 3 is 2.62 bits per heavy atom. The fourth-order valence-electron chi connectivity index (χ4n) is 3.29. The molecule has 1 saturated carbocycles. The fraction of sp³-hybridized carbons (Fsp3) is 0.846. The molecule has 2 aliphatic carbocycles. The van der Waals surface area contributed by atoms with Crippen LogP contribution in [0.2, 0.25) is 19.6 Å². The highest BCUT2D eigenvalue weighted by molar-refractivity contribution is 6.69. The van der Waals surface area contributed by atoms with E-state index in [9.17, 15) is 5.11 Å². The van der Waals surface area contributed by atoms with Crippen LogP contribution in [0.15, 0.2) is 12.2 Å². The number of aliphatic hydroxyl groups excluding tert-OH is 1. The van der Waals surface area contributed by atoms with Gasteiger partial charge in [0.05, 0.1) is 11.7 Å². The predicted molar refractivity (Wildman–Crippen MR) is 68.9 cm³/mol. The molecule has 3 heteroatoms. The third kappa shape index (κ3) is 1.79. The number of hydrogen-bond acceptors (Lipinski definition) is 2. The van der Waals surface area contributed by atoms with Gasteiger partial charge in [0.25, 0.3) is 0 Å².